The average molecular weight is 351 g/mol. The number of hydrogen-bond acceptors (Lipinski definition) is 5. The average Bonchev–Trinajstić information content (AvgIpc) is 2.70. The van der Waals surface area contributed by atoms with Crippen molar-refractivity contribution >= 4 is 0 Å². The van der Waals surface area contributed by atoms with Crippen molar-refractivity contribution in [2.24, 2.45) is 29.4 Å². The first-order valence-corrected chi connectivity index (χ1v) is 8.61. The zero-order chi connectivity index (χ0) is 17.5. The van der Waals surface area contributed by atoms with E-state index in [9.17, 15) is 13.2 Å². The van der Waals surface area contributed by atoms with Crippen molar-refractivity contribution in [3.63, 3.8) is 0 Å². The van der Waals surface area contributed by atoms with Crippen LogP contribution in [0.15, 0.2) is 0 Å². The van der Waals surface area contributed by atoms with Crippen molar-refractivity contribution in [3.05, 3.63) is 0 Å². The molecule has 4 aliphatic heterocycles. The van der Waals surface area contributed by atoms with Crippen LogP contribution in [0.3, 0.4) is 0 Å². The molecule has 4 saturated heterocycles. The summed E-state index contributed by atoms with van der Waals surface area (Å²) in [6.45, 7) is 5.28. The molecule has 1 spiro atoms. The van der Waals surface area contributed by atoms with Crippen molar-refractivity contribution in [1.29, 1.82) is 0 Å². The van der Waals surface area contributed by atoms with Crippen LogP contribution >= 0.6 is 0 Å². The number of nitrogens with two attached hydrogens (primary N) is 1. The van der Waals surface area contributed by atoms with Crippen molar-refractivity contribution in [2.75, 3.05) is 0 Å². The molecule has 2 bridgehead atoms. The van der Waals surface area contributed by atoms with Gasteiger partial charge >= 0.3 is 6.18 Å². The molecule has 5 rings (SSSR count). The molecule has 24 heavy (non-hydrogen) atoms. The van der Waals surface area contributed by atoms with E-state index in [1.54, 1.807) is 6.92 Å². The Kier molecular flexibility index (Phi) is 3.44. The Labute approximate surface area is 138 Å². The van der Waals surface area contributed by atoms with E-state index in [1.807, 2.05) is 0 Å². The minimum absolute atomic E-state index is 0.0193. The smallest absolute Gasteiger partial charge is 0.319 e. The number of ether oxygens (including phenoxy) is 2. The normalized spacial score (nSPS) is 57.4. The van der Waals surface area contributed by atoms with Gasteiger partial charge in [-0.25, -0.2) is 9.78 Å². The number of rotatable bonds is 0. The first-order valence-electron chi connectivity index (χ1n) is 8.61. The lowest BCUT2D eigenvalue weighted by Gasteiger charge is -2.62. The molecule has 2 N–H and O–H groups in total. The Hall–Kier alpha value is -0.410. The van der Waals surface area contributed by atoms with E-state index in [2.05, 4.69) is 6.92 Å². The SMILES string of the molecule is C[C@@H]1CC[C@H]2[C@@H](C)[C@](N)(C(F)(F)F)O[C@@H]3O[C@@]4(C)CC[C@@H]1[C@]32OO4. The second-order valence-corrected chi connectivity index (χ2v) is 8.11. The van der Waals surface area contributed by atoms with Gasteiger partial charge in [-0.15, -0.1) is 0 Å². The van der Waals surface area contributed by atoms with Gasteiger partial charge in [-0.1, -0.05) is 13.8 Å². The summed E-state index contributed by atoms with van der Waals surface area (Å²) in [7, 11) is 0. The molecule has 5 nitrogen and oxygen atoms in total. The van der Waals surface area contributed by atoms with Crippen molar-refractivity contribution in [2.45, 2.75) is 76.0 Å². The Bertz CT molecular complexity index is 546. The Morgan fingerprint density at radius 1 is 1.00 bits per heavy atom. The second-order valence-electron chi connectivity index (χ2n) is 8.11. The Morgan fingerprint density at radius 3 is 2.38 bits per heavy atom. The maximum atomic E-state index is 13.7. The van der Waals surface area contributed by atoms with Crippen LogP contribution in [0, 0.1) is 23.7 Å². The van der Waals surface area contributed by atoms with Gasteiger partial charge in [0.15, 0.2) is 11.9 Å². The zero-order valence-corrected chi connectivity index (χ0v) is 14.1. The summed E-state index contributed by atoms with van der Waals surface area (Å²) in [6, 6.07) is 0. The standard InChI is InChI=1S/C16H24F3NO4/c1-8-4-5-11-9(2)15(20,16(17,18)19)22-12-14(11)10(8)6-7-13(3,21-12)23-24-14/h8-12H,4-7,20H2,1-3H3/t8-,9-,10+,11+,12+,13-,14-,15-/m1/s1. The molecule has 5 fully saturated rings. The number of alkyl halides is 3. The highest BCUT2D eigenvalue weighted by molar-refractivity contribution is 5.13. The van der Waals surface area contributed by atoms with Gasteiger partial charge < -0.3 is 9.47 Å². The van der Waals surface area contributed by atoms with Gasteiger partial charge in [0.2, 0.25) is 11.5 Å². The van der Waals surface area contributed by atoms with Gasteiger partial charge in [0.1, 0.15) is 0 Å². The first-order chi connectivity index (χ1) is 11.0. The third-order valence-corrected chi connectivity index (χ3v) is 6.80. The van der Waals surface area contributed by atoms with E-state index in [1.165, 1.54) is 6.92 Å². The lowest BCUT2D eigenvalue weighted by atomic mass is 9.56. The fourth-order valence-corrected chi connectivity index (χ4v) is 5.29. The Morgan fingerprint density at radius 2 is 1.71 bits per heavy atom. The monoisotopic (exact) mass is 351 g/mol. The maximum absolute atomic E-state index is 13.7. The highest BCUT2D eigenvalue weighted by atomic mass is 19.4. The molecular weight excluding hydrogens is 327 g/mol. The van der Waals surface area contributed by atoms with E-state index < -0.39 is 41.4 Å². The van der Waals surface area contributed by atoms with Gasteiger partial charge in [0, 0.05) is 18.3 Å². The predicted molar refractivity (Wildman–Crippen MR) is 76.0 cm³/mol. The lowest BCUT2D eigenvalue weighted by molar-refractivity contribution is -0.583. The molecule has 1 aliphatic carbocycles. The van der Waals surface area contributed by atoms with Gasteiger partial charge in [0.25, 0.3) is 0 Å². The summed E-state index contributed by atoms with van der Waals surface area (Å²) in [4.78, 5) is 11.3. The third kappa shape index (κ3) is 1.95. The zero-order valence-electron chi connectivity index (χ0n) is 14.1. The topological polar surface area (TPSA) is 62.9 Å². The molecular formula is C16H24F3NO4. The van der Waals surface area contributed by atoms with Crippen LogP contribution in [0.5, 0.6) is 0 Å². The van der Waals surface area contributed by atoms with E-state index in [-0.39, 0.29) is 5.92 Å². The van der Waals surface area contributed by atoms with E-state index in [0.29, 0.717) is 18.8 Å². The van der Waals surface area contributed by atoms with Gasteiger partial charge in [0.05, 0.1) is 0 Å². The van der Waals surface area contributed by atoms with E-state index in [0.717, 1.165) is 12.8 Å². The lowest BCUT2D eigenvalue weighted by Crippen LogP contribution is -2.77. The van der Waals surface area contributed by atoms with Gasteiger partial charge in [-0.05, 0) is 38.0 Å². The summed E-state index contributed by atoms with van der Waals surface area (Å²) >= 11 is 0. The molecule has 0 radical (unpaired) electrons. The second kappa shape index (κ2) is 4.85. The summed E-state index contributed by atoms with van der Waals surface area (Å²) < 4.78 is 52.4. The number of hydrogen-bond donors (Lipinski definition) is 1. The Balaban J connectivity index is 1.84. The van der Waals surface area contributed by atoms with E-state index in [4.69, 9.17) is 25.0 Å². The first kappa shape index (κ1) is 17.0. The van der Waals surface area contributed by atoms with Crippen LogP contribution in [0.2, 0.25) is 0 Å². The molecule has 0 amide bonds. The molecule has 0 unspecified atom stereocenters. The fraction of sp³-hybridized carbons (Fsp3) is 1.00. The molecule has 8 atom stereocenters. The molecule has 0 aromatic carbocycles. The minimum atomic E-state index is -4.69. The molecule has 8 heteroatoms. The third-order valence-electron chi connectivity index (χ3n) is 6.80. The number of fused-ring (bicyclic) bond motifs is 2. The summed E-state index contributed by atoms with van der Waals surface area (Å²) in [6.07, 6.45) is -3.14. The molecule has 1 saturated carbocycles. The molecule has 5 aliphatic rings. The van der Waals surface area contributed by atoms with Gasteiger partial charge in [-0.3, -0.25) is 5.73 Å². The molecule has 0 aromatic rings. The maximum Gasteiger partial charge on any atom is 0.431 e. The predicted octanol–water partition coefficient (Wildman–Crippen LogP) is 3.09. The largest absolute Gasteiger partial charge is 0.431 e. The van der Waals surface area contributed by atoms with Crippen LogP contribution in [0.25, 0.3) is 0 Å². The summed E-state index contributed by atoms with van der Waals surface area (Å²) in [5, 5.41) is 0. The summed E-state index contributed by atoms with van der Waals surface area (Å²) in [5.41, 5.74) is 1.98. The fourth-order valence-electron chi connectivity index (χ4n) is 5.29. The molecule has 4 heterocycles. The van der Waals surface area contributed by atoms with Crippen LogP contribution in [-0.2, 0) is 19.2 Å². The van der Waals surface area contributed by atoms with Crippen LogP contribution in [-0.4, -0.2) is 29.6 Å². The summed E-state index contributed by atoms with van der Waals surface area (Å²) in [5.74, 6) is -2.19. The van der Waals surface area contributed by atoms with Crippen LogP contribution in [0.4, 0.5) is 13.2 Å². The molecule has 0 aromatic heterocycles. The van der Waals surface area contributed by atoms with Gasteiger partial charge in [-0.2, -0.15) is 13.2 Å². The van der Waals surface area contributed by atoms with Crippen molar-refractivity contribution in [3.8, 4) is 0 Å². The van der Waals surface area contributed by atoms with E-state index >= 15 is 0 Å². The van der Waals surface area contributed by atoms with Crippen molar-refractivity contribution < 1.29 is 32.4 Å². The van der Waals surface area contributed by atoms with Crippen LogP contribution < -0.4 is 5.73 Å². The van der Waals surface area contributed by atoms with Crippen LogP contribution in [0.1, 0.15) is 46.5 Å². The quantitative estimate of drug-likeness (QED) is 0.680. The molecule has 138 valence electrons. The van der Waals surface area contributed by atoms with Crippen molar-refractivity contribution in [1.82, 2.24) is 0 Å². The number of halogens is 3. The highest BCUT2D eigenvalue weighted by Crippen LogP contribution is 2.63. The highest BCUT2D eigenvalue weighted by Gasteiger charge is 2.75. The minimum Gasteiger partial charge on any atom is -0.319 e.